The van der Waals surface area contributed by atoms with Crippen LogP contribution < -0.4 is 21.9 Å². The van der Waals surface area contributed by atoms with Gasteiger partial charge in [-0.05, 0) is 12.5 Å². The van der Waals surface area contributed by atoms with Gasteiger partial charge in [-0.1, -0.05) is 13.3 Å². The zero-order valence-corrected chi connectivity index (χ0v) is 14.5. The van der Waals surface area contributed by atoms with Crippen molar-refractivity contribution in [3.8, 4) is 0 Å². The molecule has 0 atom stereocenters. The van der Waals surface area contributed by atoms with E-state index in [4.69, 9.17) is 10.2 Å². The molecule has 0 radical (unpaired) electrons. The molecule has 0 aromatic carbocycles. The third kappa shape index (κ3) is 3.76. The van der Waals surface area contributed by atoms with Gasteiger partial charge in [0.15, 0.2) is 0 Å². The van der Waals surface area contributed by atoms with E-state index in [0.29, 0.717) is 12.1 Å². The van der Waals surface area contributed by atoms with E-state index in [1.165, 1.54) is 17.9 Å². The fourth-order valence-corrected chi connectivity index (χ4v) is 2.55. The molecule has 9 nitrogen and oxygen atoms in total. The zero-order chi connectivity index (χ0) is 18.6. The molecule has 0 spiro atoms. The summed E-state index contributed by atoms with van der Waals surface area (Å²) >= 11 is 0. The first-order valence-corrected chi connectivity index (χ1v) is 7.89. The number of methoxy groups -OCH3 is 1. The molecule has 0 saturated carbocycles. The van der Waals surface area contributed by atoms with Crippen LogP contribution in [0.15, 0.2) is 26.3 Å². The van der Waals surface area contributed by atoms with E-state index in [1.54, 1.807) is 18.0 Å². The number of nitrogens with one attached hydrogen (secondary N) is 1. The average Bonchev–Trinajstić information content (AvgIpc) is 3.01. The molecule has 2 aromatic rings. The van der Waals surface area contributed by atoms with Crippen LogP contribution in [-0.2, 0) is 17.8 Å². The van der Waals surface area contributed by atoms with E-state index in [-0.39, 0.29) is 23.8 Å². The molecule has 9 heteroatoms. The standard InChI is InChI=1S/C16H22N4O5/c1-4-5-7-20-13(17)11(14(21)18-16(20)23)19(2)9-10-6-8-25-12(10)15(22)24-3/h6,8H,4-5,7,9,17H2,1-3H3,(H,18,21,23). The molecule has 2 rings (SSSR count). The second kappa shape index (κ2) is 7.73. The molecule has 3 N–H and O–H groups in total. The van der Waals surface area contributed by atoms with Gasteiger partial charge in [0.05, 0.1) is 13.4 Å². The van der Waals surface area contributed by atoms with Crippen LogP contribution in [-0.4, -0.2) is 29.7 Å². The number of carbonyl (C=O) groups excluding carboxylic acids is 1. The molecule has 2 heterocycles. The molecular formula is C16H22N4O5. The smallest absolute Gasteiger partial charge is 0.374 e. The number of hydrogen-bond donors (Lipinski definition) is 2. The normalized spacial score (nSPS) is 10.7. The summed E-state index contributed by atoms with van der Waals surface area (Å²) in [7, 11) is 2.90. The monoisotopic (exact) mass is 350 g/mol. The van der Waals surface area contributed by atoms with Gasteiger partial charge >= 0.3 is 11.7 Å². The highest BCUT2D eigenvalue weighted by Crippen LogP contribution is 2.20. The number of nitrogen functional groups attached to an aromatic ring is 1. The van der Waals surface area contributed by atoms with Crippen molar-refractivity contribution in [2.24, 2.45) is 0 Å². The minimum atomic E-state index is -0.608. The van der Waals surface area contributed by atoms with Crippen molar-refractivity contribution >= 4 is 17.5 Å². The van der Waals surface area contributed by atoms with Gasteiger partial charge in [-0.25, -0.2) is 9.59 Å². The fraction of sp³-hybridized carbons (Fsp3) is 0.438. The number of nitrogens with zero attached hydrogens (tertiary/aromatic N) is 2. The first kappa shape index (κ1) is 18.4. The Bertz CT molecular complexity index is 864. The van der Waals surface area contributed by atoms with Gasteiger partial charge in [0.25, 0.3) is 5.56 Å². The number of ether oxygens (including phenoxy) is 1. The predicted octanol–water partition coefficient (Wildman–Crippen LogP) is 0.935. The van der Waals surface area contributed by atoms with Crippen molar-refractivity contribution in [3.05, 3.63) is 44.5 Å². The van der Waals surface area contributed by atoms with Gasteiger partial charge in [-0.15, -0.1) is 0 Å². The van der Waals surface area contributed by atoms with E-state index in [9.17, 15) is 14.4 Å². The summed E-state index contributed by atoms with van der Waals surface area (Å²) in [5, 5.41) is 0. The summed E-state index contributed by atoms with van der Waals surface area (Å²) < 4.78 is 11.1. The first-order chi connectivity index (χ1) is 11.9. The molecule has 0 saturated heterocycles. The number of H-pyrrole nitrogens is 1. The summed E-state index contributed by atoms with van der Waals surface area (Å²) in [6.45, 7) is 2.59. The van der Waals surface area contributed by atoms with Crippen molar-refractivity contribution in [1.29, 1.82) is 0 Å². The van der Waals surface area contributed by atoms with Gasteiger partial charge in [0.2, 0.25) is 5.76 Å². The minimum Gasteiger partial charge on any atom is -0.463 e. The fourth-order valence-electron chi connectivity index (χ4n) is 2.55. The van der Waals surface area contributed by atoms with E-state index < -0.39 is 17.2 Å². The van der Waals surface area contributed by atoms with Crippen molar-refractivity contribution in [1.82, 2.24) is 9.55 Å². The van der Waals surface area contributed by atoms with Gasteiger partial charge in [-0.2, -0.15) is 0 Å². The maximum atomic E-state index is 12.2. The molecule has 0 amide bonds. The Morgan fingerprint density at radius 1 is 1.44 bits per heavy atom. The lowest BCUT2D eigenvalue weighted by Crippen LogP contribution is -2.37. The number of rotatable bonds is 7. The molecule has 2 aromatic heterocycles. The number of unbranched alkanes of at least 4 members (excludes halogenated alkanes) is 1. The number of nitrogens with two attached hydrogens (primary N) is 1. The Morgan fingerprint density at radius 3 is 2.80 bits per heavy atom. The molecule has 136 valence electrons. The van der Waals surface area contributed by atoms with Crippen molar-refractivity contribution in [2.75, 3.05) is 24.8 Å². The Kier molecular flexibility index (Phi) is 5.68. The lowest BCUT2D eigenvalue weighted by atomic mass is 10.2. The number of hydrogen-bond acceptors (Lipinski definition) is 7. The zero-order valence-electron chi connectivity index (χ0n) is 14.5. The number of aromatic nitrogens is 2. The number of anilines is 2. The van der Waals surface area contributed by atoms with Crippen LogP contribution in [0.1, 0.15) is 35.9 Å². The van der Waals surface area contributed by atoms with Crippen molar-refractivity contribution in [2.45, 2.75) is 32.9 Å². The molecule has 0 aliphatic carbocycles. The van der Waals surface area contributed by atoms with E-state index in [2.05, 4.69) is 9.72 Å². The Hall–Kier alpha value is -2.97. The Balaban J connectivity index is 2.38. The van der Waals surface area contributed by atoms with Crippen molar-refractivity contribution in [3.63, 3.8) is 0 Å². The summed E-state index contributed by atoms with van der Waals surface area (Å²) in [6, 6.07) is 1.61. The molecular weight excluding hydrogens is 328 g/mol. The lowest BCUT2D eigenvalue weighted by Gasteiger charge is -2.21. The maximum Gasteiger partial charge on any atom is 0.374 e. The topological polar surface area (TPSA) is 124 Å². The molecule has 0 bridgehead atoms. The lowest BCUT2D eigenvalue weighted by molar-refractivity contribution is 0.0563. The van der Waals surface area contributed by atoms with Crippen LogP contribution in [0.3, 0.4) is 0 Å². The SMILES string of the molecule is CCCCn1c(N)c(N(C)Cc2ccoc2C(=O)OC)c(=O)[nH]c1=O. The van der Waals surface area contributed by atoms with Crippen molar-refractivity contribution < 1.29 is 13.9 Å². The highest BCUT2D eigenvalue weighted by atomic mass is 16.5. The van der Waals surface area contributed by atoms with Gasteiger partial charge in [0, 0.05) is 25.7 Å². The second-order valence-electron chi connectivity index (χ2n) is 5.62. The van der Waals surface area contributed by atoms with Gasteiger partial charge in [-0.3, -0.25) is 14.3 Å². The predicted molar refractivity (Wildman–Crippen MR) is 92.8 cm³/mol. The van der Waals surface area contributed by atoms with Crippen LogP contribution in [0.25, 0.3) is 0 Å². The Labute approximate surface area is 144 Å². The molecule has 0 fully saturated rings. The average molecular weight is 350 g/mol. The number of carbonyl (C=O) groups is 1. The maximum absolute atomic E-state index is 12.2. The first-order valence-electron chi connectivity index (χ1n) is 7.89. The third-order valence-corrected chi connectivity index (χ3v) is 3.86. The molecule has 0 unspecified atom stereocenters. The third-order valence-electron chi connectivity index (χ3n) is 3.86. The van der Waals surface area contributed by atoms with E-state index in [0.717, 1.165) is 12.8 Å². The quantitative estimate of drug-likeness (QED) is 0.712. The summed E-state index contributed by atoms with van der Waals surface area (Å²) in [4.78, 5) is 39.7. The van der Waals surface area contributed by atoms with E-state index >= 15 is 0 Å². The summed E-state index contributed by atoms with van der Waals surface area (Å²) in [6.07, 6.45) is 3.01. The summed E-state index contributed by atoms with van der Waals surface area (Å²) in [5.41, 5.74) is 5.65. The molecule has 0 aliphatic heterocycles. The van der Waals surface area contributed by atoms with Gasteiger partial charge in [0.1, 0.15) is 11.5 Å². The summed E-state index contributed by atoms with van der Waals surface area (Å²) in [5.74, 6) is -0.459. The highest BCUT2D eigenvalue weighted by Gasteiger charge is 2.21. The highest BCUT2D eigenvalue weighted by molar-refractivity contribution is 5.88. The number of aromatic amines is 1. The number of furan rings is 1. The van der Waals surface area contributed by atoms with Crippen LogP contribution >= 0.6 is 0 Å². The Morgan fingerprint density at radius 2 is 2.16 bits per heavy atom. The second-order valence-corrected chi connectivity index (χ2v) is 5.62. The minimum absolute atomic E-state index is 0.0589. The van der Waals surface area contributed by atoms with Crippen LogP contribution in [0.4, 0.5) is 11.5 Å². The molecule has 25 heavy (non-hydrogen) atoms. The van der Waals surface area contributed by atoms with Crippen LogP contribution in [0.5, 0.6) is 0 Å². The molecule has 0 aliphatic rings. The number of esters is 1. The van der Waals surface area contributed by atoms with Crippen LogP contribution in [0, 0.1) is 0 Å². The largest absolute Gasteiger partial charge is 0.463 e. The van der Waals surface area contributed by atoms with Gasteiger partial charge < -0.3 is 19.8 Å². The van der Waals surface area contributed by atoms with E-state index in [1.807, 2.05) is 6.92 Å². The van der Waals surface area contributed by atoms with Crippen LogP contribution in [0.2, 0.25) is 0 Å².